The van der Waals surface area contributed by atoms with Crippen LogP contribution in [-0.4, -0.2) is 42.2 Å². The van der Waals surface area contributed by atoms with E-state index in [0.717, 1.165) is 34.0 Å². The maximum absolute atomic E-state index is 12.2. The van der Waals surface area contributed by atoms with Gasteiger partial charge in [0.25, 0.3) is 0 Å². The highest BCUT2D eigenvalue weighted by Gasteiger charge is 2.29. The summed E-state index contributed by atoms with van der Waals surface area (Å²) in [5, 5.41) is 16.1. The van der Waals surface area contributed by atoms with Crippen molar-refractivity contribution >= 4 is 29.7 Å². The van der Waals surface area contributed by atoms with Crippen LogP contribution in [-0.2, 0) is 14.3 Å². The van der Waals surface area contributed by atoms with Gasteiger partial charge in [-0.1, -0.05) is 48.5 Å². The lowest BCUT2D eigenvalue weighted by atomic mass is 9.98. The van der Waals surface area contributed by atoms with Gasteiger partial charge in [0.1, 0.15) is 6.61 Å². The monoisotopic (exact) mass is 413 g/mol. The minimum absolute atomic E-state index is 0.0484. The van der Waals surface area contributed by atoms with Crippen molar-refractivity contribution in [3.05, 3.63) is 59.7 Å². The Morgan fingerprint density at radius 1 is 1.07 bits per heavy atom. The molecule has 29 heavy (non-hydrogen) atoms. The number of carboxylic acid groups (broad SMARTS) is 1. The highest BCUT2D eigenvalue weighted by molar-refractivity contribution is 7.99. The number of thioether (sulfide) groups is 1. The Bertz CT molecular complexity index is 872. The van der Waals surface area contributed by atoms with Crippen LogP contribution in [0.2, 0.25) is 0 Å². The first-order valence-electron chi connectivity index (χ1n) is 9.12. The van der Waals surface area contributed by atoms with Crippen LogP contribution >= 0.6 is 11.8 Å². The Labute approximate surface area is 172 Å². The van der Waals surface area contributed by atoms with Crippen molar-refractivity contribution in [2.75, 3.05) is 18.2 Å². The number of aliphatic carboxylic acids is 1. The summed E-state index contributed by atoms with van der Waals surface area (Å²) >= 11 is 1.16. The number of nitrogens with one attached hydrogen (secondary N) is 2. The zero-order chi connectivity index (χ0) is 20.8. The van der Waals surface area contributed by atoms with E-state index >= 15 is 0 Å². The van der Waals surface area contributed by atoms with E-state index in [0.29, 0.717) is 0 Å². The number of rotatable bonds is 8. The molecule has 0 heterocycles. The van der Waals surface area contributed by atoms with Crippen LogP contribution in [0, 0.1) is 0 Å². The zero-order valence-corrected chi connectivity index (χ0v) is 16.7. The molecule has 0 saturated heterocycles. The van der Waals surface area contributed by atoms with Crippen LogP contribution in [0.5, 0.6) is 0 Å². The highest BCUT2D eigenvalue weighted by atomic mass is 32.2. The average molecular weight is 413 g/mol. The van der Waals surface area contributed by atoms with Gasteiger partial charge in [0.15, 0.2) is 0 Å². The molecule has 0 unspecified atom stereocenters. The lowest BCUT2D eigenvalue weighted by Crippen LogP contribution is -2.50. The van der Waals surface area contributed by atoms with Gasteiger partial charge in [-0.25, -0.2) is 4.79 Å². The van der Waals surface area contributed by atoms with Crippen LogP contribution < -0.4 is 15.7 Å². The molecule has 2 aromatic carbocycles. The van der Waals surface area contributed by atoms with Crippen molar-refractivity contribution in [1.29, 1.82) is 0 Å². The summed E-state index contributed by atoms with van der Waals surface area (Å²) in [7, 11) is 0. The van der Waals surface area contributed by atoms with Crippen LogP contribution in [0.4, 0.5) is 4.79 Å². The molecule has 8 heteroatoms. The predicted molar refractivity (Wildman–Crippen MR) is 108 cm³/mol. The maximum atomic E-state index is 12.2. The van der Waals surface area contributed by atoms with E-state index < -0.39 is 18.1 Å². The molecular formula is C21H21N2O5S-. The molecular weight excluding hydrogens is 392 g/mol. The Morgan fingerprint density at radius 2 is 1.66 bits per heavy atom. The molecule has 7 nitrogen and oxygen atoms in total. The molecule has 1 aliphatic rings. The highest BCUT2D eigenvalue weighted by Crippen LogP contribution is 2.44. The number of fused-ring (bicyclic) bond motifs is 3. The molecule has 0 spiro atoms. The zero-order valence-electron chi connectivity index (χ0n) is 15.8. The molecule has 152 valence electrons. The molecule has 0 aliphatic heterocycles. The fourth-order valence-electron chi connectivity index (χ4n) is 3.28. The number of hydrogen-bond donors (Lipinski definition) is 2. The summed E-state index contributed by atoms with van der Waals surface area (Å²) in [6.45, 7) is 1.46. The Hall–Kier alpha value is -3.00. The molecule has 0 saturated carbocycles. The maximum Gasteiger partial charge on any atom is 0.407 e. The van der Waals surface area contributed by atoms with E-state index in [1.165, 1.54) is 6.92 Å². The fourth-order valence-corrected chi connectivity index (χ4v) is 4.16. The van der Waals surface area contributed by atoms with Gasteiger partial charge in [0.05, 0.1) is 17.9 Å². The van der Waals surface area contributed by atoms with Gasteiger partial charge in [-0.15, -0.1) is 11.8 Å². The van der Waals surface area contributed by atoms with Crippen LogP contribution in [0.25, 0.3) is 11.1 Å². The van der Waals surface area contributed by atoms with Crippen molar-refractivity contribution in [1.82, 2.24) is 10.6 Å². The summed E-state index contributed by atoms with van der Waals surface area (Å²) < 4.78 is 5.34. The van der Waals surface area contributed by atoms with Gasteiger partial charge in [0.2, 0.25) is 5.91 Å². The predicted octanol–water partition coefficient (Wildman–Crippen LogP) is 1.47. The molecule has 0 radical (unpaired) electrons. The van der Waals surface area contributed by atoms with Crippen molar-refractivity contribution in [3.63, 3.8) is 0 Å². The number of alkyl carbamates (subject to hydrolysis) is 1. The van der Waals surface area contributed by atoms with Gasteiger partial charge in [0, 0.05) is 18.6 Å². The Kier molecular flexibility index (Phi) is 6.77. The van der Waals surface area contributed by atoms with E-state index in [9.17, 15) is 19.5 Å². The second-order valence-electron chi connectivity index (χ2n) is 6.59. The number of ether oxygens (including phenoxy) is 1. The van der Waals surface area contributed by atoms with Crippen molar-refractivity contribution in [2.24, 2.45) is 0 Å². The number of hydrogen-bond acceptors (Lipinski definition) is 6. The summed E-state index contributed by atoms with van der Waals surface area (Å²) in [5.41, 5.74) is 4.37. The second-order valence-corrected chi connectivity index (χ2v) is 7.62. The Morgan fingerprint density at radius 3 is 2.21 bits per heavy atom. The van der Waals surface area contributed by atoms with E-state index in [1.807, 2.05) is 48.5 Å². The van der Waals surface area contributed by atoms with Crippen molar-refractivity contribution in [2.45, 2.75) is 18.9 Å². The summed E-state index contributed by atoms with van der Waals surface area (Å²) in [6.07, 6.45) is -0.818. The van der Waals surface area contributed by atoms with Gasteiger partial charge >= 0.3 is 6.09 Å². The largest absolute Gasteiger partial charge is 0.548 e. The third-order valence-electron chi connectivity index (χ3n) is 4.63. The normalized spacial score (nSPS) is 13.1. The standard InChI is InChI=1S/C21H22N2O5S/c1-13(24)22-12-29-11-19(20(25)26)23-21(27)28-10-18-16-8-4-2-6-14(16)15-7-3-5-9-17(15)18/h2-9,18-19H,10-12H2,1H3,(H,22,24)(H,23,27)(H,25,26)/p-1/t19-/m0/s1. The van der Waals surface area contributed by atoms with Crippen molar-refractivity contribution < 1.29 is 24.2 Å². The van der Waals surface area contributed by atoms with Gasteiger partial charge < -0.3 is 25.3 Å². The second kappa shape index (κ2) is 9.47. The van der Waals surface area contributed by atoms with E-state index in [2.05, 4.69) is 10.6 Å². The number of amides is 2. The molecule has 1 aliphatic carbocycles. The minimum atomic E-state index is -1.41. The molecule has 2 amide bonds. The third kappa shape index (κ3) is 5.08. The molecule has 0 bridgehead atoms. The Balaban J connectivity index is 1.58. The van der Waals surface area contributed by atoms with E-state index in [-0.39, 0.29) is 30.1 Å². The van der Waals surface area contributed by atoms with E-state index in [4.69, 9.17) is 4.74 Å². The summed E-state index contributed by atoms with van der Waals surface area (Å²) in [6, 6.07) is 14.7. The van der Waals surface area contributed by atoms with Gasteiger partial charge in [-0.2, -0.15) is 0 Å². The van der Waals surface area contributed by atoms with Gasteiger partial charge in [-0.05, 0) is 22.3 Å². The topological polar surface area (TPSA) is 108 Å². The molecule has 0 aromatic heterocycles. The number of carboxylic acids is 1. The molecule has 0 fully saturated rings. The molecule has 1 atom stereocenters. The minimum Gasteiger partial charge on any atom is -0.548 e. The molecule has 3 rings (SSSR count). The van der Waals surface area contributed by atoms with Crippen molar-refractivity contribution in [3.8, 4) is 11.1 Å². The first-order valence-corrected chi connectivity index (χ1v) is 10.3. The van der Waals surface area contributed by atoms with Gasteiger partial charge in [-0.3, -0.25) is 4.79 Å². The smallest absolute Gasteiger partial charge is 0.407 e. The number of benzene rings is 2. The lowest BCUT2D eigenvalue weighted by molar-refractivity contribution is -0.307. The summed E-state index contributed by atoms with van der Waals surface area (Å²) in [5.74, 6) is -1.44. The number of carbonyl (C=O) groups excluding carboxylic acids is 3. The quantitative estimate of drug-likeness (QED) is 0.501. The molecule has 2 aromatic rings. The summed E-state index contributed by atoms with van der Waals surface area (Å²) in [4.78, 5) is 34.3. The van der Waals surface area contributed by atoms with Crippen LogP contribution in [0.15, 0.2) is 48.5 Å². The van der Waals surface area contributed by atoms with Crippen LogP contribution in [0.3, 0.4) is 0 Å². The fraction of sp³-hybridized carbons (Fsp3) is 0.286. The van der Waals surface area contributed by atoms with Crippen LogP contribution in [0.1, 0.15) is 24.0 Å². The lowest BCUT2D eigenvalue weighted by Gasteiger charge is -2.20. The first-order chi connectivity index (χ1) is 14.0. The number of carbonyl (C=O) groups is 3. The third-order valence-corrected chi connectivity index (χ3v) is 5.55. The van der Waals surface area contributed by atoms with E-state index in [1.54, 1.807) is 0 Å². The molecule has 2 N–H and O–H groups in total. The average Bonchev–Trinajstić information content (AvgIpc) is 3.02. The SMILES string of the molecule is CC(=O)NCSC[C@H](NC(=O)OCC1c2ccccc2-c2ccccc21)C(=O)[O-]. The first kappa shape index (κ1) is 20.7.